The summed E-state index contributed by atoms with van der Waals surface area (Å²) in [6, 6.07) is 8.70. The molecule has 0 atom stereocenters. The molecular formula is C22H28Cl2N3O6PS. The Bertz CT molecular complexity index is 1230. The van der Waals surface area contributed by atoms with Crippen LogP contribution in [0.25, 0.3) is 0 Å². The van der Waals surface area contributed by atoms with Crippen molar-refractivity contribution in [3.8, 4) is 0 Å². The monoisotopic (exact) mass is 563 g/mol. The van der Waals surface area contributed by atoms with E-state index in [4.69, 9.17) is 32.2 Å². The van der Waals surface area contributed by atoms with Gasteiger partial charge in [-0.2, -0.15) is 0 Å². The Balaban J connectivity index is 2.12. The summed E-state index contributed by atoms with van der Waals surface area (Å²) in [6.07, 6.45) is -0.0194. The van der Waals surface area contributed by atoms with E-state index in [1.807, 2.05) is 0 Å². The second kappa shape index (κ2) is 11.1. The zero-order valence-corrected chi connectivity index (χ0v) is 23.1. The van der Waals surface area contributed by atoms with E-state index >= 15 is 0 Å². The Kier molecular flexibility index (Phi) is 8.78. The molecule has 13 heteroatoms. The highest BCUT2D eigenvalue weighted by Gasteiger charge is 2.36. The zero-order chi connectivity index (χ0) is 26.0. The number of carbonyl (C=O) groups excluding carboxylic acids is 1. The standard InChI is InChI=1S/C22H28Cl2N3O6PS/c1-5-32-34(29,33-6-2)15-27(35(30,31)20-13-17(23)12-18(24)14-20)19-7-8-21-16(11-19)9-10-26(21)22(28)25(3)4/h7-8,11-14H,5-6,9-10,15H2,1-4H3. The normalized spacial score (nSPS) is 13.6. The van der Waals surface area contributed by atoms with Gasteiger partial charge in [-0.05, 0) is 62.2 Å². The number of rotatable bonds is 9. The van der Waals surface area contributed by atoms with Crippen LogP contribution < -0.4 is 9.21 Å². The summed E-state index contributed by atoms with van der Waals surface area (Å²) < 4.78 is 52.7. The number of hydrogen-bond donors (Lipinski definition) is 0. The van der Waals surface area contributed by atoms with Crippen LogP contribution in [0.2, 0.25) is 10.0 Å². The number of fused-ring (bicyclic) bond motifs is 1. The lowest BCUT2D eigenvalue weighted by atomic mass is 10.1. The summed E-state index contributed by atoms with van der Waals surface area (Å²) in [5.41, 5.74) is 1.72. The average molecular weight is 564 g/mol. The van der Waals surface area contributed by atoms with Crippen molar-refractivity contribution in [2.75, 3.05) is 49.3 Å². The lowest BCUT2D eigenvalue weighted by Gasteiger charge is -2.29. The smallest absolute Gasteiger partial charge is 0.330 e. The molecular weight excluding hydrogens is 536 g/mol. The molecule has 1 heterocycles. The van der Waals surface area contributed by atoms with Crippen molar-refractivity contribution in [3.63, 3.8) is 0 Å². The van der Waals surface area contributed by atoms with Gasteiger partial charge in [0.1, 0.15) is 6.29 Å². The quantitative estimate of drug-likeness (QED) is 0.376. The van der Waals surface area contributed by atoms with E-state index in [1.165, 1.54) is 23.1 Å². The van der Waals surface area contributed by atoms with Gasteiger partial charge in [0, 0.05) is 36.4 Å². The summed E-state index contributed by atoms with van der Waals surface area (Å²) in [5.74, 6) is 0. The van der Waals surface area contributed by atoms with Gasteiger partial charge in [-0.3, -0.25) is 13.8 Å². The van der Waals surface area contributed by atoms with Crippen LogP contribution in [-0.4, -0.2) is 59.5 Å². The first-order valence-corrected chi connectivity index (χ1v) is 14.8. The first-order valence-electron chi connectivity index (χ1n) is 10.9. The molecule has 2 amide bonds. The fourth-order valence-corrected chi connectivity index (χ4v) is 8.14. The highest BCUT2D eigenvalue weighted by atomic mass is 35.5. The van der Waals surface area contributed by atoms with Gasteiger partial charge in [0.05, 0.1) is 23.8 Å². The van der Waals surface area contributed by atoms with Gasteiger partial charge >= 0.3 is 13.6 Å². The molecule has 3 rings (SSSR count). The molecule has 0 spiro atoms. The number of hydrogen-bond acceptors (Lipinski definition) is 6. The maximum atomic E-state index is 13.8. The zero-order valence-electron chi connectivity index (χ0n) is 19.9. The summed E-state index contributed by atoms with van der Waals surface area (Å²) in [5, 5.41) is 0.279. The maximum Gasteiger partial charge on any atom is 0.350 e. The molecule has 0 unspecified atom stereocenters. The van der Waals surface area contributed by atoms with Crippen LogP contribution in [0.3, 0.4) is 0 Å². The van der Waals surface area contributed by atoms with Crippen LogP contribution >= 0.6 is 30.8 Å². The van der Waals surface area contributed by atoms with Crippen molar-refractivity contribution in [2.24, 2.45) is 0 Å². The third-order valence-corrected chi connectivity index (χ3v) is 9.55. The summed E-state index contributed by atoms with van der Waals surface area (Å²) in [4.78, 5) is 15.4. The SMILES string of the molecule is CCOP(=O)(CN(c1ccc2c(c1)CCN2C(=O)N(C)C)S(=O)(=O)c1cc(Cl)cc(Cl)c1)OCC. The lowest BCUT2D eigenvalue weighted by molar-refractivity contribution is 0.220. The van der Waals surface area contributed by atoms with E-state index in [0.29, 0.717) is 18.7 Å². The molecule has 0 N–H and O–H groups in total. The van der Waals surface area contributed by atoms with Crippen molar-refractivity contribution in [3.05, 3.63) is 52.0 Å². The van der Waals surface area contributed by atoms with Crippen molar-refractivity contribution in [1.29, 1.82) is 0 Å². The summed E-state index contributed by atoms with van der Waals surface area (Å²) >= 11 is 12.1. The van der Waals surface area contributed by atoms with Crippen LogP contribution in [0.15, 0.2) is 41.3 Å². The maximum absolute atomic E-state index is 13.8. The molecule has 0 aromatic heterocycles. The van der Waals surface area contributed by atoms with Crippen molar-refractivity contribution in [1.82, 2.24) is 4.90 Å². The van der Waals surface area contributed by atoms with Crippen LogP contribution in [0.4, 0.5) is 16.2 Å². The Labute approximate surface area is 216 Å². The second-order valence-electron chi connectivity index (χ2n) is 7.94. The minimum Gasteiger partial charge on any atom is -0.330 e. The molecule has 2 aromatic rings. The topological polar surface area (TPSA) is 96.5 Å². The number of benzene rings is 2. The molecule has 1 aliphatic rings. The molecule has 0 saturated carbocycles. The van der Waals surface area contributed by atoms with E-state index in [1.54, 1.807) is 51.0 Å². The van der Waals surface area contributed by atoms with Gasteiger partial charge in [-0.25, -0.2) is 13.2 Å². The fourth-order valence-electron chi connectivity index (χ4n) is 3.75. The first kappa shape index (κ1) is 27.8. The molecule has 192 valence electrons. The summed E-state index contributed by atoms with van der Waals surface area (Å²) in [7, 11) is -4.79. The molecule has 0 radical (unpaired) electrons. The van der Waals surface area contributed by atoms with Gasteiger partial charge in [0.15, 0.2) is 0 Å². The number of sulfonamides is 1. The fraction of sp³-hybridized carbons (Fsp3) is 0.409. The molecule has 35 heavy (non-hydrogen) atoms. The Morgan fingerprint density at radius 3 is 2.20 bits per heavy atom. The second-order valence-corrected chi connectivity index (χ2v) is 12.7. The van der Waals surface area contributed by atoms with Gasteiger partial charge in [0.2, 0.25) is 0 Å². The lowest BCUT2D eigenvalue weighted by Crippen LogP contribution is -2.38. The van der Waals surface area contributed by atoms with Crippen molar-refractivity contribution >= 4 is 58.2 Å². The molecule has 9 nitrogen and oxygen atoms in total. The minimum atomic E-state index is -4.29. The predicted molar refractivity (Wildman–Crippen MR) is 138 cm³/mol. The van der Waals surface area contributed by atoms with Crippen LogP contribution in [0.5, 0.6) is 0 Å². The van der Waals surface area contributed by atoms with Gasteiger partial charge in [-0.15, -0.1) is 0 Å². The van der Waals surface area contributed by atoms with Crippen LogP contribution in [-0.2, 0) is 30.1 Å². The van der Waals surface area contributed by atoms with Crippen LogP contribution in [0, 0.1) is 0 Å². The number of halogens is 2. The number of nitrogens with zero attached hydrogens (tertiary/aromatic N) is 3. The molecule has 0 aliphatic carbocycles. The Hall–Kier alpha value is -1.81. The van der Waals surface area contributed by atoms with E-state index in [9.17, 15) is 17.8 Å². The van der Waals surface area contributed by atoms with E-state index < -0.39 is 23.9 Å². The molecule has 0 saturated heterocycles. The minimum absolute atomic E-state index is 0.0694. The molecule has 0 fully saturated rings. The van der Waals surface area contributed by atoms with E-state index in [0.717, 1.165) is 9.87 Å². The van der Waals surface area contributed by atoms with Crippen molar-refractivity contribution < 1.29 is 26.8 Å². The van der Waals surface area contributed by atoms with Gasteiger partial charge in [0.25, 0.3) is 10.0 Å². The predicted octanol–water partition coefficient (Wildman–Crippen LogP) is 5.46. The molecule has 1 aliphatic heterocycles. The highest BCUT2D eigenvalue weighted by Crippen LogP contribution is 2.50. The third kappa shape index (κ3) is 6.13. The van der Waals surface area contributed by atoms with Crippen molar-refractivity contribution in [2.45, 2.75) is 25.2 Å². The van der Waals surface area contributed by atoms with Gasteiger partial charge in [-0.1, -0.05) is 23.2 Å². The number of anilines is 2. The number of carbonyl (C=O) groups is 1. The van der Waals surface area contributed by atoms with E-state index in [-0.39, 0.29) is 39.9 Å². The van der Waals surface area contributed by atoms with E-state index in [2.05, 4.69) is 0 Å². The first-order chi connectivity index (χ1) is 16.4. The average Bonchev–Trinajstić information content (AvgIpc) is 3.19. The molecule has 2 aromatic carbocycles. The highest BCUT2D eigenvalue weighted by molar-refractivity contribution is 7.93. The third-order valence-electron chi connectivity index (χ3n) is 5.24. The Morgan fingerprint density at radius 2 is 1.66 bits per heavy atom. The molecule has 0 bridgehead atoms. The number of amides is 2. The Morgan fingerprint density at radius 1 is 1.06 bits per heavy atom. The largest absolute Gasteiger partial charge is 0.350 e. The number of urea groups is 1. The van der Waals surface area contributed by atoms with Crippen LogP contribution in [0.1, 0.15) is 19.4 Å². The van der Waals surface area contributed by atoms with Gasteiger partial charge < -0.3 is 13.9 Å². The summed E-state index contributed by atoms with van der Waals surface area (Å²) in [6.45, 7) is 3.89.